The zero-order chi connectivity index (χ0) is 10.9. The second-order valence-corrected chi connectivity index (χ2v) is 1.74. The Morgan fingerprint density at radius 1 is 1.46 bits per heavy atom. The first-order chi connectivity index (χ1) is 6.13. The van der Waals surface area contributed by atoms with Gasteiger partial charge in [-0.1, -0.05) is 0 Å². The van der Waals surface area contributed by atoms with Gasteiger partial charge < -0.3 is 16.8 Å². The zero-order valence-corrected chi connectivity index (χ0v) is 7.72. The molecule has 74 valence electrons. The van der Waals surface area contributed by atoms with Crippen molar-refractivity contribution >= 4 is 17.4 Å². The first-order valence-electron chi connectivity index (χ1n) is 3.47. The van der Waals surface area contributed by atoms with E-state index in [1.807, 2.05) is 0 Å². The van der Waals surface area contributed by atoms with E-state index in [4.69, 9.17) is 22.3 Å². The van der Waals surface area contributed by atoms with E-state index in [1.54, 1.807) is 0 Å². The SMILES string of the molecule is C=C.CN=C(NCN)C(=N)C(=N)N. The first-order valence-corrected chi connectivity index (χ1v) is 3.47. The molecular weight excluding hydrogens is 168 g/mol. The maximum absolute atomic E-state index is 7.21. The van der Waals surface area contributed by atoms with Crippen molar-refractivity contribution in [3.05, 3.63) is 13.2 Å². The lowest BCUT2D eigenvalue weighted by molar-refractivity contribution is 0.931. The summed E-state index contributed by atoms with van der Waals surface area (Å²) >= 11 is 0. The summed E-state index contributed by atoms with van der Waals surface area (Å²) in [4.78, 5) is 3.68. The van der Waals surface area contributed by atoms with Crippen molar-refractivity contribution in [3.63, 3.8) is 0 Å². The topological polar surface area (TPSA) is 124 Å². The van der Waals surface area contributed by atoms with Crippen LogP contribution < -0.4 is 16.8 Å². The van der Waals surface area contributed by atoms with Crippen LogP contribution in [0.1, 0.15) is 0 Å². The van der Waals surface area contributed by atoms with Crippen molar-refractivity contribution in [2.24, 2.45) is 16.5 Å². The van der Waals surface area contributed by atoms with E-state index < -0.39 is 0 Å². The molecule has 0 spiro atoms. The minimum Gasteiger partial charge on any atom is -0.382 e. The molecule has 0 amide bonds. The van der Waals surface area contributed by atoms with Crippen molar-refractivity contribution in [1.82, 2.24) is 5.32 Å². The van der Waals surface area contributed by atoms with E-state index in [-0.39, 0.29) is 24.1 Å². The summed E-state index contributed by atoms with van der Waals surface area (Å²) in [5.74, 6) is -0.0912. The summed E-state index contributed by atoms with van der Waals surface area (Å²) in [7, 11) is 1.50. The summed E-state index contributed by atoms with van der Waals surface area (Å²) in [5, 5.41) is 16.7. The number of nitrogens with two attached hydrogens (primary N) is 2. The summed E-state index contributed by atoms with van der Waals surface area (Å²) in [6.07, 6.45) is 0. The second-order valence-electron chi connectivity index (χ2n) is 1.74. The van der Waals surface area contributed by atoms with Crippen molar-refractivity contribution in [2.45, 2.75) is 0 Å². The van der Waals surface area contributed by atoms with Crippen LogP contribution in [-0.2, 0) is 0 Å². The Hall–Kier alpha value is -1.69. The van der Waals surface area contributed by atoms with Gasteiger partial charge in [0.05, 0.1) is 6.67 Å². The molecule has 0 aliphatic heterocycles. The fourth-order valence-corrected chi connectivity index (χ4v) is 0.503. The standard InChI is InChI=1S/C5H12N6.C2H4/c1-10-5(11-2-6)3(7)4(8)9;1-2/h7H,2,6H2,1H3,(H3,8,9)(H,10,11);1-2H2. The molecule has 0 aromatic carbocycles. The molecule has 0 unspecified atom stereocenters. The molecule has 0 heterocycles. The predicted molar refractivity (Wildman–Crippen MR) is 56.4 cm³/mol. The maximum atomic E-state index is 7.21. The van der Waals surface area contributed by atoms with Gasteiger partial charge in [-0.2, -0.15) is 0 Å². The van der Waals surface area contributed by atoms with E-state index in [0.717, 1.165) is 0 Å². The summed E-state index contributed by atoms with van der Waals surface area (Å²) in [6, 6.07) is 0. The summed E-state index contributed by atoms with van der Waals surface area (Å²) in [5.41, 5.74) is 10.0. The zero-order valence-electron chi connectivity index (χ0n) is 7.72. The van der Waals surface area contributed by atoms with Crippen LogP contribution in [0.4, 0.5) is 0 Å². The van der Waals surface area contributed by atoms with Gasteiger partial charge in [-0.3, -0.25) is 15.8 Å². The highest BCUT2D eigenvalue weighted by atomic mass is 15.0. The number of hydrogen-bond donors (Lipinski definition) is 5. The molecule has 0 saturated heterocycles. The van der Waals surface area contributed by atoms with Crippen molar-refractivity contribution in [1.29, 1.82) is 10.8 Å². The van der Waals surface area contributed by atoms with E-state index in [1.165, 1.54) is 7.05 Å². The molecule has 0 rings (SSSR count). The molecule has 0 aromatic heterocycles. The number of aliphatic imine (C=N–C) groups is 1. The van der Waals surface area contributed by atoms with Crippen LogP contribution in [0.3, 0.4) is 0 Å². The van der Waals surface area contributed by atoms with Gasteiger partial charge >= 0.3 is 0 Å². The molecule has 0 bridgehead atoms. The highest BCUT2D eigenvalue weighted by molar-refractivity contribution is 6.65. The van der Waals surface area contributed by atoms with E-state index in [0.29, 0.717) is 0 Å². The fourth-order valence-electron chi connectivity index (χ4n) is 0.503. The van der Waals surface area contributed by atoms with Gasteiger partial charge in [0.25, 0.3) is 0 Å². The van der Waals surface area contributed by atoms with Crippen molar-refractivity contribution in [2.75, 3.05) is 13.7 Å². The molecule has 0 aliphatic rings. The molecule has 0 saturated carbocycles. The minimum absolute atomic E-state index is 0.141. The van der Waals surface area contributed by atoms with Gasteiger partial charge in [-0.15, -0.1) is 13.2 Å². The van der Waals surface area contributed by atoms with Crippen LogP contribution >= 0.6 is 0 Å². The largest absolute Gasteiger partial charge is 0.382 e. The van der Waals surface area contributed by atoms with Crippen LogP contribution in [0.15, 0.2) is 18.2 Å². The van der Waals surface area contributed by atoms with Gasteiger partial charge in [0, 0.05) is 7.05 Å². The molecule has 13 heavy (non-hydrogen) atoms. The van der Waals surface area contributed by atoms with Crippen molar-refractivity contribution in [3.8, 4) is 0 Å². The Morgan fingerprint density at radius 3 is 2.15 bits per heavy atom. The third-order valence-electron chi connectivity index (χ3n) is 0.999. The van der Waals surface area contributed by atoms with Gasteiger partial charge in [0.15, 0.2) is 5.84 Å². The number of hydrogen-bond acceptors (Lipinski definition) is 4. The van der Waals surface area contributed by atoms with Crippen LogP contribution in [0, 0.1) is 10.8 Å². The van der Waals surface area contributed by atoms with Crippen LogP contribution in [0.2, 0.25) is 0 Å². The number of nitrogens with zero attached hydrogens (tertiary/aromatic N) is 1. The normalized spacial score (nSPS) is 9.54. The number of amidine groups is 2. The molecule has 0 radical (unpaired) electrons. The molecule has 6 heteroatoms. The molecule has 6 nitrogen and oxygen atoms in total. The van der Waals surface area contributed by atoms with Gasteiger partial charge in [0.1, 0.15) is 11.5 Å². The van der Waals surface area contributed by atoms with Gasteiger partial charge in [0.2, 0.25) is 0 Å². The molecule has 0 aliphatic carbocycles. The van der Waals surface area contributed by atoms with E-state index in [9.17, 15) is 0 Å². The lowest BCUT2D eigenvalue weighted by Crippen LogP contribution is -2.40. The maximum Gasteiger partial charge on any atom is 0.151 e. The van der Waals surface area contributed by atoms with Crippen LogP contribution in [-0.4, -0.2) is 31.1 Å². The Kier molecular flexibility index (Phi) is 8.97. The molecule has 0 atom stereocenters. The third-order valence-corrected chi connectivity index (χ3v) is 0.999. The number of rotatable bonds is 3. The average Bonchev–Trinajstić information content (AvgIpc) is 2.16. The first kappa shape index (κ1) is 13.9. The summed E-state index contributed by atoms with van der Waals surface area (Å²) in [6.45, 7) is 6.17. The quantitative estimate of drug-likeness (QED) is 0.172. The van der Waals surface area contributed by atoms with E-state index >= 15 is 0 Å². The Bertz CT molecular complexity index is 207. The van der Waals surface area contributed by atoms with Crippen LogP contribution in [0.25, 0.3) is 0 Å². The summed E-state index contributed by atoms with van der Waals surface area (Å²) < 4.78 is 0. The van der Waals surface area contributed by atoms with Gasteiger partial charge in [-0.25, -0.2) is 0 Å². The van der Waals surface area contributed by atoms with E-state index in [2.05, 4.69) is 23.5 Å². The fraction of sp³-hybridized carbons (Fsp3) is 0.286. The lowest BCUT2D eigenvalue weighted by Gasteiger charge is -2.05. The Morgan fingerprint density at radius 2 is 1.92 bits per heavy atom. The molecule has 7 N–H and O–H groups in total. The highest BCUT2D eigenvalue weighted by Crippen LogP contribution is 1.75. The molecular formula is C7H16N6. The lowest BCUT2D eigenvalue weighted by atomic mass is 10.3. The highest BCUT2D eigenvalue weighted by Gasteiger charge is 2.06. The predicted octanol–water partition coefficient (Wildman–Crippen LogP) is -0.722. The molecule has 0 aromatic rings. The Balaban J connectivity index is 0. The minimum atomic E-state index is -0.327. The Labute approximate surface area is 77.7 Å². The average molecular weight is 184 g/mol. The second kappa shape index (κ2) is 8.41. The third kappa shape index (κ3) is 5.57. The molecule has 0 fully saturated rings. The van der Waals surface area contributed by atoms with Crippen LogP contribution in [0.5, 0.6) is 0 Å². The monoisotopic (exact) mass is 184 g/mol. The number of nitrogens with one attached hydrogen (secondary N) is 3. The van der Waals surface area contributed by atoms with Gasteiger partial charge in [-0.05, 0) is 0 Å². The van der Waals surface area contributed by atoms with Crippen molar-refractivity contribution < 1.29 is 0 Å². The smallest absolute Gasteiger partial charge is 0.151 e.